The summed E-state index contributed by atoms with van der Waals surface area (Å²) in [5.74, 6) is -0.252. The number of carboxylic acid groups (broad SMARTS) is 1. The van der Waals surface area contributed by atoms with E-state index in [9.17, 15) is 9.90 Å². The number of methoxy groups -OCH3 is 1. The molecule has 1 saturated heterocycles. The van der Waals surface area contributed by atoms with Crippen molar-refractivity contribution in [3.63, 3.8) is 0 Å². The Morgan fingerprint density at radius 3 is 2.12 bits per heavy atom. The van der Waals surface area contributed by atoms with Crippen molar-refractivity contribution in [3.8, 4) is 5.75 Å². The molecule has 0 atom stereocenters. The molecule has 2 aromatic carbocycles. The number of ether oxygens (including phenoxy) is 1. The van der Waals surface area contributed by atoms with Crippen molar-refractivity contribution in [3.05, 3.63) is 54.1 Å². The van der Waals surface area contributed by atoms with Gasteiger partial charge in [-0.3, -0.25) is 0 Å². The van der Waals surface area contributed by atoms with Gasteiger partial charge in [0.1, 0.15) is 5.75 Å². The molecule has 2 aromatic rings. The Labute approximate surface area is 147 Å². The maximum atomic E-state index is 10.2. The molecule has 1 aliphatic rings. The lowest BCUT2D eigenvalue weighted by Gasteiger charge is -2.27. The van der Waals surface area contributed by atoms with E-state index >= 15 is 0 Å². The van der Waals surface area contributed by atoms with Gasteiger partial charge in [0.25, 0.3) is 0 Å². The molecule has 1 fully saturated rings. The highest BCUT2D eigenvalue weighted by atomic mass is 16.5. The third kappa shape index (κ3) is 6.33. The van der Waals surface area contributed by atoms with Crippen LogP contribution in [0.3, 0.4) is 0 Å². The first kappa shape index (κ1) is 20.3. The number of anilines is 2. The summed E-state index contributed by atoms with van der Waals surface area (Å²) in [6, 6.07) is 14.2. The van der Waals surface area contributed by atoms with Crippen LogP contribution in [0.4, 0.5) is 11.4 Å². The van der Waals surface area contributed by atoms with E-state index in [1.54, 1.807) is 7.11 Å². The third-order valence-electron chi connectivity index (χ3n) is 3.79. The van der Waals surface area contributed by atoms with Crippen LogP contribution in [0, 0.1) is 0 Å². The molecule has 7 nitrogen and oxygen atoms in total. The first-order valence-corrected chi connectivity index (χ1v) is 7.87. The number of rotatable bonds is 3. The van der Waals surface area contributed by atoms with Crippen LogP contribution in [0.25, 0.3) is 0 Å². The predicted octanol–water partition coefficient (Wildman–Crippen LogP) is -1.11. The molecule has 0 radical (unpaired) electrons. The third-order valence-corrected chi connectivity index (χ3v) is 3.79. The van der Waals surface area contributed by atoms with E-state index in [1.165, 1.54) is 43.0 Å². The number of carboxylic acids is 1. The summed E-state index contributed by atoms with van der Waals surface area (Å²) in [7, 11) is 1.70. The highest BCUT2D eigenvalue weighted by Crippen LogP contribution is 2.18. The zero-order chi connectivity index (χ0) is 17.4. The fraction of sp³-hybridized carbons (Fsp3) is 0.278. The molecule has 0 unspecified atom stereocenters. The second kappa shape index (κ2) is 10.2. The Morgan fingerprint density at radius 1 is 1.08 bits per heavy atom. The summed E-state index contributed by atoms with van der Waals surface area (Å²) in [6.45, 7) is 4.69. The molecule has 136 valence electrons. The Morgan fingerprint density at radius 2 is 1.64 bits per heavy atom. The lowest BCUT2D eigenvalue weighted by molar-refractivity contribution is -0.655. The maximum Gasteiger partial charge on any atom is 0.119 e. The van der Waals surface area contributed by atoms with Gasteiger partial charge in [-0.2, -0.15) is 0 Å². The standard InChI is InChI=1S/C11H16N2O.C7H7NO2.H2O/c1-14-11-4-2-10(3-5-11)13-8-6-12-7-9-13;8-6-3-1-5(2-4-6)7(9)10;/h2-5,12H,6-9H2,1H3;1-4H,8H2,(H,9,10);1H2. The van der Waals surface area contributed by atoms with Crippen LogP contribution in [0.5, 0.6) is 5.75 Å². The smallest absolute Gasteiger partial charge is 0.119 e. The number of quaternary nitrogens is 1. The van der Waals surface area contributed by atoms with Gasteiger partial charge in [-0.25, -0.2) is 0 Å². The molecule has 3 rings (SSSR count). The molecule has 1 aliphatic heterocycles. The number of hydrogen-bond donors (Lipinski definition) is 2. The van der Waals surface area contributed by atoms with Crippen LogP contribution in [-0.4, -0.2) is 44.7 Å². The van der Waals surface area contributed by atoms with Crippen molar-refractivity contribution >= 4 is 17.3 Å². The number of aromatic carboxylic acids is 1. The SMILES string of the molecule is COc1ccc(N2CC[NH2+]CC2)cc1.Nc1ccc(C(=O)[O-])cc1.O. The number of hydrogen-bond acceptors (Lipinski definition) is 5. The lowest BCUT2D eigenvalue weighted by Crippen LogP contribution is -2.89. The van der Waals surface area contributed by atoms with Gasteiger partial charge in [0.05, 0.1) is 39.3 Å². The maximum absolute atomic E-state index is 10.2. The van der Waals surface area contributed by atoms with Crippen LogP contribution in [0.15, 0.2) is 48.5 Å². The molecular weight excluding hydrogens is 322 g/mol. The average Bonchev–Trinajstić information content (AvgIpc) is 2.63. The van der Waals surface area contributed by atoms with Crippen LogP contribution in [0.1, 0.15) is 10.4 Å². The van der Waals surface area contributed by atoms with E-state index in [-0.39, 0.29) is 11.0 Å². The topological polar surface area (TPSA) is 127 Å². The molecule has 0 spiro atoms. The van der Waals surface area contributed by atoms with E-state index in [4.69, 9.17) is 10.5 Å². The summed E-state index contributed by atoms with van der Waals surface area (Å²) < 4.78 is 5.13. The average molecular weight is 347 g/mol. The predicted molar refractivity (Wildman–Crippen MR) is 95.7 cm³/mol. The Hall–Kier alpha value is -2.77. The summed E-state index contributed by atoms with van der Waals surface area (Å²) in [5.41, 5.74) is 7.31. The zero-order valence-electron chi connectivity index (χ0n) is 14.3. The molecular formula is C18H25N3O4. The first-order valence-electron chi connectivity index (χ1n) is 7.87. The van der Waals surface area contributed by atoms with E-state index in [1.807, 2.05) is 12.1 Å². The van der Waals surface area contributed by atoms with Gasteiger partial charge in [0.15, 0.2) is 0 Å². The normalized spacial score (nSPS) is 13.1. The van der Waals surface area contributed by atoms with Gasteiger partial charge in [0, 0.05) is 11.4 Å². The largest absolute Gasteiger partial charge is 0.545 e. The van der Waals surface area contributed by atoms with Crippen LogP contribution < -0.4 is 25.8 Å². The quantitative estimate of drug-likeness (QED) is 0.681. The second-order valence-corrected chi connectivity index (χ2v) is 5.46. The minimum Gasteiger partial charge on any atom is -0.545 e. The molecule has 25 heavy (non-hydrogen) atoms. The van der Waals surface area contributed by atoms with Crippen molar-refractivity contribution in [2.45, 2.75) is 0 Å². The Bertz CT molecular complexity index is 638. The fourth-order valence-electron chi connectivity index (χ4n) is 2.42. The van der Waals surface area contributed by atoms with E-state index in [2.05, 4.69) is 22.3 Å². The number of nitrogens with zero attached hydrogens (tertiary/aromatic N) is 1. The molecule has 0 aromatic heterocycles. The van der Waals surface area contributed by atoms with Crippen LogP contribution in [-0.2, 0) is 0 Å². The summed E-state index contributed by atoms with van der Waals surface area (Å²) >= 11 is 0. The molecule has 0 bridgehead atoms. The van der Waals surface area contributed by atoms with E-state index in [0.717, 1.165) is 18.8 Å². The van der Waals surface area contributed by atoms with Crippen molar-refractivity contribution in [1.82, 2.24) is 0 Å². The molecule has 1 heterocycles. The number of nitrogens with two attached hydrogens (primary N) is 2. The molecule has 6 N–H and O–H groups in total. The minimum atomic E-state index is -1.18. The van der Waals surface area contributed by atoms with E-state index < -0.39 is 5.97 Å². The number of benzene rings is 2. The van der Waals surface area contributed by atoms with Gasteiger partial charge in [-0.05, 0) is 42.0 Å². The summed E-state index contributed by atoms with van der Waals surface area (Å²) in [6.07, 6.45) is 0. The second-order valence-electron chi connectivity index (χ2n) is 5.46. The molecule has 0 saturated carbocycles. The van der Waals surface area contributed by atoms with E-state index in [0.29, 0.717) is 5.69 Å². The van der Waals surface area contributed by atoms with Gasteiger partial charge >= 0.3 is 0 Å². The monoisotopic (exact) mass is 347 g/mol. The first-order chi connectivity index (χ1) is 11.6. The van der Waals surface area contributed by atoms with Gasteiger partial charge in [0.2, 0.25) is 0 Å². The summed E-state index contributed by atoms with van der Waals surface area (Å²) in [5, 5.41) is 12.5. The van der Waals surface area contributed by atoms with Gasteiger partial charge in [-0.1, -0.05) is 12.1 Å². The van der Waals surface area contributed by atoms with Gasteiger partial charge in [-0.15, -0.1) is 0 Å². The number of carbonyl (C=O) groups is 1. The van der Waals surface area contributed by atoms with Crippen LogP contribution >= 0.6 is 0 Å². The number of nitrogen functional groups attached to an aromatic ring is 1. The minimum absolute atomic E-state index is 0. The van der Waals surface area contributed by atoms with Crippen molar-refractivity contribution < 1.29 is 25.4 Å². The zero-order valence-corrected chi connectivity index (χ0v) is 14.3. The summed E-state index contributed by atoms with van der Waals surface area (Å²) in [4.78, 5) is 12.6. The number of carbonyl (C=O) groups excluding carboxylic acids is 1. The molecule has 0 amide bonds. The Balaban J connectivity index is 0.000000254. The molecule has 7 heteroatoms. The highest BCUT2D eigenvalue weighted by Gasteiger charge is 2.11. The molecule has 0 aliphatic carbocycles. The van der Waals surface area contributed by atoms with Crippen LogP contribution in [0.2, 0.25) is 0 Å². The Kier molecular flexibility index (Phi) is 8.25. The van der Waals surface area contributed by atoms with Gasteiger partial charge < -0.3 is 36.1 Å². The van der Waals surface area contributed by atoms with Crippen molar-refractivity contribution in [2.75, 3.05) is 43.9 Å². The fourth-order valence-corrected chi connectivity index (χ4v) is 2.42. The van der Waals surface area contributed by atoms with Crippen molar-refractivity contribution in [2.24, 2.45) is 0 Å². The van der Waals surface area contributed by atoms with Crippen molar-refractivity contribution in [1.29, 1.82) is 0 Å². The number of piperazine rings is 1. The lowest BCUT2D eigenvalue weighted by atomic mass is 10.2. The highest BCUT2D eigenvalue weighted by molar-refractivity contribution is 5.86.